The molecule has 0 fully saturated rings. The minimum atomic E-state index is 0.00815. The first-order chi connectivity index (χ1) is 8.16. The molecule has 2 N–H and O–H groups in total. The molecule has 17 heavy (non-hydrogen) atoms. The Kier molecular flexibility index (Phi) is 4.51. The van der Waals surface area contributed by atoms with Gasteiger partial charge in [0.05, 0.1) is 5.02 Å². The number of halogens is 1. The van der Waals surface area contributed by atoms with Crippen molar-refractivity contribution in [3.05, 3.63) is 51.2 Å². The number of aryl methyl sites for hydroxylation is 1. The monoisotopic (exact) mass is 283 g/mol. The van der Waals surface area contributed by atoms with E-state index in [0.29, 0.717) is 0 Å². The Morgan fingerprint density at radius 3 is 2.59 bits per heavy atom. The summed E-state index contributed by atoms with van der Waals surface area (Å²) in [6, 6.07) is 10.4. The molecule has 0 spiro atoms. The molecular weight excluding hydrogens is 270 g/mol. The van der Waals surface area contributed by atoms with E-state index in [1.54, 1.807) is 23.1 Å². The van der Waals surface area contributed by atoms with Crippen LogP contribution in [0.3, 0.4) is 0 Å². The number of nitrogens with two attached hydrogens (primary N) is 1. The zero-order valence-corrected chi connectivity index (χ0v) is 11.9. The van der Waals surface area contributed by atoms with Crippen LogP contribution >= 0.6 is 34.7 Å². The molecule has 0 saturated heterocycles. The van der Waals surface area contributed by atoms with Gasteiger partial charge in [0, 0.05) is 21.6 Å². The van der Waals surface area contributed by atoms with Crippen LogP contribution in [-0.4, -0.2) is 5.75 Å². The van der Waals surface area contributed by atoms with Crippen molar-refractivity contribution in [2.45, 2.75) is 17.9 Å². The molecule has 4 heteroatoms. The molecule has 1 unspecified atom stereocenters. The standard InChI is InChI=1S/C13H14ClNS2/c1-9-2-4-10(5-3-9)17-8-12(15)13-11(14)6-7-16-13/h2-7,12H,8,15H2,1H3. The molecule has 2 rings (SSSR count). The molecule has 1 heterocycles. The third-order valence-corrected chi connectivity index (χ3v) is 5.05. The average Bonchev–Trinajstić information content (AvgIpc) is 2.74. The molecule has 2 aromatic rings. The summed E-state index contributed by atoms with van der Waals surface area (Å²) in [4.78, 5) is 2.32. The summed E-state index contributed by atoms with van der Waals surface area (Å²) in [7, 11) is 0. The first-order valence-corrected chi connectivity index (χ1v) is 7.59. The zero-order valence-electron chi connectivity index (χ0n) is 9.52. The summed E-state index contributed by atoms with van der Waals surface area (Å²) < 4.78 is 0. The van der Waals surface area contributed by atoms with Crippen molar-refractivity contribution >= 4 is 34.7 Å². The molecule has 0 aliphatic rings. The molecule has 1 atom stereocenters. The van der Waals surface area contributed by atoms with Crippen LogP contribution in [0.2, 0.25) is 5.02 Å². The normalized spacial score (nSPS) is 12.6. The smallest absolute Gasteiger partial charge is 0.0561 e. The number of thioether (sulfide) groups is 1. The van der Waals surface area contributed by atoms with E-state index in [1.165, 1.54) is 10.5 Å². The second-order valence-electron chi connectivity index (χ2n) is 3.86. The summed E-state index contributed by atoms with van der Waals surface area (Å²) >= 11 is 9.45. The van der Waals surface area contributed by atoms with Crippen LogP contribution in [0.5, 0.6) is 0 Å². The fourth-order valence-electron chi connectivity index (χ4n) is 1.47. The van der Waals surface area contributed by atoms with Crippen molar-refractivity contribution in [1.29, 1.82) is 0 Å². The Morgan fingerprint density at radius 1 is 1.29 bits per heavy atom. The van der Waals surface area contributed by atoms with Crippen LogP contribution in [-0.2, 0) is 0 Å². The number of hydrogen-bond acceptors (Lipinski definition) is 3. The Balaban J connectivity index is 1.94. The van der Waals surface area contributed by atoms with Gasteiger partial charge in [0.1, 0.15) is 0 Å². The molecule has 1 aromatic carbocycles. The van der Waals surface area contributed by atoms with Gasteiger partial charge in [-0.25, -0.2) is 0 Å². The summed E-state index contributed by atoms with van der Waals surface area (Å²) in [5.41, 5.74) is 7.40. The van der Waals surface area contributed by atoms with Gasteiger partial charge in [0.15, 0.2) is 0 Å². The maximum atomic E-state index is 6.12. The van der Waals surface area contributed by atoms with Gasteiger partial charge in [-0.15, -0.1) is 23.1 Å². The molecule has 0 amide bonds. The Labute approximate surface area is 115 Å². The van der Waals surface area contributed by atoms with E-state index >= 15 is 0 Å². The maximum absolute atomic E-state index is 6.12. The van der Waals surface area contributed by atoms with Crippen LogP contribution in [0.4, 0.5) is 0 Å². The van der Waals surface area contributed by atoms with E-state index in [1.807, 2.05) is 11.4 Å². The first kappa shape index (κ1) is 13.0. The highest BCUT2D eigenvalue weighted by Gasteiger charge is 2.11. The molecular formula is C13H14ClNS2. The van der Waals surface area contributed by atoms with Gasteiger partial charge >= 0.3 is 0 Å². The van der Waals surface area contributed by atoms with Gasteiger partial charge in [0.25, 0.3) is 0 Å². The van der Waals surface area contributed by atoms with Crippen LogP contribution < -0.4 is 5.73 Å². The lowest BCUT2D eigenvalue weighted by Gasteiger charge is -2.10. The topological polar surface area (TPSA) is 26.0 Å². The van der Waals surface area contributed by atoms with E-state index in [2.05, 4.69) is 31.2 Å². The fourth-order valence-corrected chi connectivity index (χ4v) is 3.64. The van der Waals surface area contributed by atoms with Gasteiger partial charge in [-0.2, -0.15) is 0 Å². The molecule has 0 aliphatic carbocycles. The molecule has 90 valence electrons. The first-order valence-electron chi connectivity index (χ1n) is 5.35. The minimum absolute atomic E-state index is 0.00815. The van der Waals surface area contributed by atoms with E-state index in [9.17, 15) is 0 Å². The highest BCUT2D eigenvalue weighted by Crippen LogP contribution is 2.31. The lowest BCUT2D eigenvalue weighted by atomic mass is 10.2. The SMILES string of the molecule is Cc1ccc(SCC(N)c2sccc2Cl)cc1. The van der Waals surface area contributed by atoms with Crippen molar-refractivity contribution in [2.75, 3.05) is 5.75 Å². The van der Waals surface area contributed by atoms with Crippen molar-refractivity contribution in [3.8, 4) is 0 Å². The Morgan fingerprint density at radius 2 is 2.00 bits per heavy atom. The Bertz CT molecular complexity index is 478. The third kappa shape index (κ3) is 3.49. The minimum Gasteiger partial charge on any atom is -0.323 e. The van der Waals surface area contributed by atoms with E-state index in [0.717, 1.165) is 15.7 Å². The molecule has 1 nitrogen and oxygen atoms in total. The number of rotatable bonds is 4. The van der Waals surface area contributed by atoms with E-state index in [4.69, 9.17) is 17.3 Å². The predicted octanol–water partition coefficient (Wildman–Crippen LogP) is 4.50. The van der Waals surface area contributed by atoms with Crippen molar-refractivity contribution in [3.63, 3.8) is 0 Å². The maximum Gasteiger partial charge on any atom is 0.0561 e. The highest BCUT2D eigenvalue weighted by atomic mass is 35.5. The molecule has 0 aliphatic heterocycles. The van der Waals surface area contributed by atoms with Gasteiger partial charge in [-0.05, 0) is 30.5 Å². The van der Waals surface area contributed by atoms with Gasteiger partial charge < -0.3 is 5.73 Å². The largest absolute Gasteiger partial charge is 0.323 e. The molecule has 0 bridgehead atoms. The van der Waals surface area contributed by atoms with Crippen LogP contribution in [0, 0.1) is 6.92 Å². The number of benzene rings is 1. The second kappa shape index (κ2) is 5.91. The second-order valence-corrected chi connectivity index (χ2v) is 6.31. The summed E-state index contributed by atoms with van der Waals surface area (Å²) in [6.07, 6.45) is 0. The quantitative estimate of drug-likeness (QED) is 0.836. The van der Waals surface area contributed by atoms with Crippen LogP contribution in [0.15, 0.2) is 40.6 Å². The van der Waals surface area contributed by atoms with Crippen molar-refractivity contribution < 1.29 is 0 Å². The summed E-state index contributed by atoms with van der Waals surface area (Å²) in [5.74, 6) is 0.850. The van der Waals surface area contributed by atoms with Gasteiger partial charge in [0.2, 0.25) is 0 Å². The van der Waals surface area contributed by atoms with E-state index in [-0.39, 0.29) is 6.04 Å². The van der Waals surface area contributed by atoms with Gasteiger partial charge in [-0.1, -0.05) is 29.3 Å². The Hall–Kier alpha value is -0.480. The molecule has 1 aromatic heterocycles. The lowest BCUT2D eigenvalue weighted by molar-refractivity contribution is 0.852. The highest BCUT2D eigenvalue weighted by molar-refractivity contribution is 7.99. The number of thiophene rings is 1. The zero-order chi connectivity index (χ0) is 12.3. The third-order valence-electron chi connectivity index (χ3n) is 2.43. The van der Waals surface area contributed by atoms with Crippen molar-refractivity contribution in [1.82, 2.24) is 0 Å². The summed E-state index contributed by atoms with van der Waals surface area (Å²) in [6.45, 7) is 2.09. The molecule has 0 saturated carbocycles. The number of hydrogen-bond donors (Lipinski definition) is 1. The van der Waals surface area contributed by atoms with E-state index < -0.39 is 0 Å². The van der Waals surface area contributed by atoms with Gasteiger partial charge in [-0.3, -0.25) is 0 Å². The lowest BCUT2D eigenvalue weighted by Crippen LogP contribution is -2.11. The van der Waals surface area contributed by atoms with Crippen LogP contribution in [0.25, 0.3) is 0 Å². The summed E-state index contributed by atoms with van der Waals surface area (Å²) in [5, 5.41) is 2.76. The fraction of sp³-hybridized carbons (Fsp3) is 0.231. The average molecular weight is 284 g/mol. The predicted molar refractivity (Wildman–Crippen MR) is 78.2 cm³/mol. The van der Waals surface area contributed by atoms with Crippen molar-refractivity contribution in [2.24, 2.45) is 5.73 Å². The van der Waals surface area contributed by atoms with Crippen LogP contribution in [0.1, 0.15) is 16.5 Å². The molecule has 0 radical (unpaired) electrons.